The average Bonchev–Trinajstić information content (AvgIpc) is 3.58. The third-order valence-electron chi connectivity index (χ3n) is 8.83. The van der Waals surface area contributed by atoms with Crippen LogP contribution in [-0.4, -0.2) is 83.9 Å². The zero-order valence-corrected chi connectivity index (χ0v) is 20.1. The van der Waals surface area contributed by atoms with Crippen molar-refractivity contribution in [3.63, 3.8) is 0 Å². The van der Waals surface area contributed by atoms with Gasteiger partial charge in [0.05, 0.1) is 17.7 Å². The van der Waals surface area contributed by atoms with Crippen LogP contribution >= 0.6 is 0 Å². The fourth-order valence-electron chi connectivity index (χ4n) is 6.43. The number of ether oxygens (including phenoxy) is 1. The van der Waals surface area contributed by atoms with Gasteiger partial charge in [0.1, 0.15) is 5.82 Å². The van der Waals surface area contributed by atoms with Crippen LogP contribution in [0.25, 0.3) is 0 Å². The number of carbonyl (C=O) groups excluding carboxylic acids is 1. The normalized spacial score (nSPS) is 32.2. The van der Waals surface area contributed by atoms with Gasteiger partial charge in [-0.15, -0.1) is 0 Å². The Morgan fingerprint density at radius 3 is 2.42 bits per heavy atom. The largest absolute Gasteiger partial charge is 0.388 e. The number of nitrogens with zero attached hydrogens (tertiary/aromatic N) is 3. The highest BCUT2D eigenvalue weighted by Crippen LogP contribution is 2.50. The first-order chi connectivity index (χ1) is 15.8. The molecule has 2 saturated heterocycles. The summed E-state index contributed by atoms with van der Waals surface area (Å²) < 4.78 is 19.6. The Balaban J connectivity index is 1.38. The summed E-state index contributed by atoms with van der Waals surface area (Å²) in [6, 6.07) is 7.10. The molecule has 4 fully saturated rings. The summed E-state index contributed by atoms with van der Waals surface area (Å²) >= 11 is 0. The lowest BCUT2D eigenvalue weighted by Crippen LogP contribution is -2.55. The minimum atomic E-state index is -0.853. The number of urea groups is 1. The van der Waals surface area contributed by atoms with Crippen LogP contribution < -0.4 is 0 Å². The Labute approximate surface area is 196 Å². The molecule has 7 heteroatoms. The van der Waals surface area contributed by atoms with Crippen molar-refractivity contribution in [1.82, 2.24) is 14.7 Å². The molecule has 5 rings (SSSR count). The second kappa shape index (κ2) is 8.51. The molecule has 6 nitrogen and oxygen atoms in total. The smallest absolute Gasteiger partial charge is 0.320 e. The monoisotopic (exact) mass is 459 g/mol. The molecule has 1 aromatic carbocycles. The van der Waals surface area contributed by atoms with Crippen LogP contribution in [0.1, 0.15) is 56.9 Å². The molecule has 0 aromatic heterocycles. The Kier molecular flexibility index (Phi) is 5.94. The highest BCUT2D eigenvalue weighted by molar-refractivity contribution is 5.78. The molecular formula is C26H38FN3O3. The second-order valence-electron chi connectivity index (χ2n) is 11.2. The molecule has 2 heterocycles. The molecule has 4 aliphatic rings. The highest BCUT2D eigenvalue weighted by atomic mass is 19.1. The van der Waals surface area contributed by atoms with Crippen molar-refractivity contribution in [3.05, 3.63) is 35.6 Å². The lowest BCUT2D eigenvalue weighted by atomic mass is 9.68. The standard InChI is InChI=1S/C26H38FN3O3/c1-28(2)26(21-4-3-5-22(27)16-21)10-8-24(9-11-26)18-29(19-25(32)12-14-33-15-13-25)23(31)30(24)17-20-6-7-20/h3-5,16,20,32H,6-15,17-19H2,1-2H3. The SMILES string of the molecule is CN(C)C1(c2cccc(F)c2)CCC2(CC1)CN(CC1(O)CCOCC1)C(=O)N2CC1CC1. The molecule has 1 spiro atoms. The third-order valence-corrected chi connectivity index (χ3v) is 8.83. The summed E-state index contributed by atoms with van der Waals surface area (Å²) in [5.74, 6) is 0.414. The van der Waals surface area contributed by atoms with E-state index in [4.69, 9.17) is 4.74 Å². The lowest BCUT2D eigenvalue weighted by Gasteiger charge is -2.51. The quantitative estimate of drug-likeness (QED) is 0.707. The summed E-state index contributed by atoms with van der Waals surface area (Å²) in [4.78, 5) is 19.9. The molecule has 2 aliphatic carbocycles. The van der Waals surface area contributed by atoms with Gasteiger partial charge < -0.3 is 19.6 Å². The minimum absolute atomic E-state index is 0.0879. The Morgan fingerprint density at radius 2 is 1.82 bits per heavy atom. The van der Waals surface area contributed by atoms with E-state index in [0.29, 0.717) is 45.1 Å². The lowest BCUT2D eigenvalue weighted by molar-refractivity contribution is -0.0739. The first kappa shape index (κ1) is 23.1. The molecule has 182 valence electrons. The first-order valence-corrected chi connectivity index (χ1v) is 12.6. The summed E-state index contributed by atoms with van der Waals surface area (Å²) in [7, 11) is 4.16. The fourth-order valence-corrected chi connectivity index (χ4v) is 6.43. The van der Waals surface area contributed by atoms with Crippen LogP contribution in [0.2, 0.25) is 0 Å². The molecule has 0 bridgehead atoms. The number of aliphatic hydroxyl groups is 1. The zero-order valence-electron chi connectivity index (χ0n) is 20.1. The molecule has 33 heavy (non-hydrogen) atoms. The molecule has 2 amide bonds. The van der Waals surface area contributed by atoms with Crippen molar-refractivity contribution in [3.8, 4) is 0 Å². The molecule has 0 radical (unpaired) electrons. The Morgan fingerprint density at radius 1 is 1.12 bits per heavy atom. The van der Waals surface area contributed by atoms with Gasteiger partial charge in [-0.05, 0) is 76.2 Å². The molecule has 2 saturated carbocycles. The number of hydrogen-bond donors (Lipinski definition) is 1. The van der Waals surface area contributed by atoms with E-state index >= 15 is 0 Å². The predicted octanol–water partition coefficient (Wildman–Crippen LogP) is 3.58. The van der Waals surface area contributed by atoms with Crippen LogP contribution in [-0.2, 0) is 10.3 Å². The molecular weight excluding hydrogens is 421 g/mol. The Hall–Kier alpha value is -1.70. The fraction of sp³-hybridized carbons (Fsp3) is 0.731. The zero-order chi connectivity index (χ0) is 23.3. The van der Waals surface area contributed by atoms with Gasteiger partial charge in [0.15, 0.2) is 0 Å². The molecule has 2 aliphatic heterocycles. The van der Waals surface area contributed by atoms with E-state index in [9.17, 15) is 14.3 Å². The van der Waals surface area contributed by atoms with Crippen LogP contribution in [0.5, 0.6) is 0 Å². The van der Waals surface area contributed by atoms with Crippen LogP contribution in [0.4, 0.5) is 9.18 Å². The molecule has 0 unspecified atom stereocenters. The van der Waals surface area contributed by atoms with Gasteiger partial charge in [0.2, 0.25) is 0 Å². The van der Waals surface area contributed by atoms with E-state index in [1.54, 1.807) is 12.1 Å². The third kappa shape index (κ3) is 4.28. The van der Waals surface area contributed by atoms with Crippen molar-refractivity contribution in [2.24, 2.45) is 5.92 Å². The highest BCUT2D eigenvalue weighted by Gasteiger charge is 2.56. The van der Waals surface area contributed by atoms with Crippen LogP contribution in [0.3, 0.4) is 0 Å². The van der Waals surface area contributed by atoms with E-state index in [-0.39, 0.29) is 22.9 Å². The number of rotatable bonds is 6. The van der Waals surface area contributed by atoms with Gasteiger partial charge in [-0.2, -0.15) is 0 Å². The number of halogens is 1. The van der Waals surface area contributed by atoms with Crippen molar-refractivity contribution < 1.29 is 19.0 Å². The van der Waals surface area contributed by atoms with Gasteiger partial charge in [-0.1, -0.05) is 12.1 Å². The van der Waals surface area contributed by atoms with E-state index < -0.39 is 5.60 Å². The van der Waals surface area contributed by atoms with Crippen molar-refractivity contribution in [2.45, 2.75) is 68.0 Å². The Bertz CT molecular complexity index is 873. The minimum Gasteiger partial charge on any atom is -0.388 e. The van der Waals surface area contributed by atoms with Crippen molar-refractivity contribution in [2.75, 3.05) is 46.9 Å². The maximum atomic E-state index is 14.1. The molecule has 1 aromatic rings. The van der Waals surface area contributed by atoms with E-state index in [1.165, 1.54) is 18.9 Å². The summed E-state index contributed by atoms with van der Waals surface area (Å²) in [6.45, 7) is 2.99. The number of hydrogen-bond acceptors (Lipinski definition) is 4. The topological polar surface area (TPSA) is 56.2 Å². The van der Waals surface area contributed by atoms with Gasteiger partial charge >= 0.3 is 6.03 Å². The predicted molar refractivity (Wildman–Crippen MR) is 124 cm³/mol. The number of β-amino-alcohol motifs (C(OH)–C–C–N with tert-alkyl or cyclic N) is 1. The molecule has 1 N–H and O–H groups in total. The van der Waals surface area contributed by atoms with E-state index in [2.05, 4.69) is 23.9 Å². The first-order valence-electron chi connectivity index (χ1n) is 12.6. The summed E-state index contributed by atoms with van der Waals surface area (Å²) in [5.41, 5.74) is -0.259. The number of benzene rings is 1. The van der Waals surface area contributed by atoms with Crippen molar-refractivity contribution >= 4 is 6.03 Å². The summed E-state index contributed by atoms with van der Waals surface area (Å²) in [6.07, 6.45) is 7.09. The van der Waals surface area contributed by atoms with Gasteiger partial charge in [0.25, 0.3) is 0 Å². The van der Waals surface area contributed by atoms with Gasteiger partial charge in [-0.25, -0.2) is 9.18 Å². The average molecular weight is 460 g/mol. The summed E-state index contributed by atoms with van der Waals surface area (Å²) in [5, 5.41) is 11.1. The van der Waals surface area contributed by atoms with E-state index in [0.717, 1.165) is 37.8 Å². The van der Waals surface area contributed by atoms with Gasteiger partial charge in [0, 0.05) is 44.7 Å². The number of carbonyl (C=O) groups is 1. The van der Waals surface area contributed by atoms with Crippen molar-refractivity contribution in [1.29, 1.82) is 0 Å². The van der Waals surface area contributed by atoms with Gasteiger partial charge in [-0.3, -0.25) is 4.90 Å². The van der Waals surface area contributed by atoms with Crippen LogP contribution in [0.15, 0.2) is 24.3 Å². The van der Waals surface area contributed by atoms with E-state index in [1.807, 2.05) is 11.0 Å². The second-order valence-corrected chi connectivity index (χ2v) is 11.2. The number of amides is 2. The maximum Gasteiger partial charge on any atom is 0.320 e. The van der Waals surface area contributed by atoms with Crippen LogP contribution in [0, 0.1) is 11.7 Å². The molecule has 0 atom stereocenters. The maximum absolute atomic E-state index is 14.1.